The maximum absolute atomic E-state index is 13.7. The van der Waals surface area contributed by atoms with Crippen LogP contribution in [0.4, 0.5) is 4.39 Å². The number of hydrogen-bond acceptors (Lipinski definition) is 3. The minimum Gasteiger partial charge on any atom is -0.494 e. The van der Waals surface area contributed by atoms with Crippen LogP contribution < -0.4 is 15.4 Å². The van der Waals surface area contributed by atoms with Gasteiger partial charge >= 0.3 is 0 Å². The number of methoxy groups -OCH3 is 1. The van der Waals surface area contributed by atoms with Crippen LogP contribution >= 0.6 is 0 Å². The molecule has 0 bridgehead atoms. The van der Waals surface area contributed by atoms with Crippen LogP contribution in [0, 0.1) is 5.82 Å². The van der Waals surface area contributed by atoms with Crippen molar-refractivity contribution in [2.24, 2.45) is 12.0 Å². The molecule has 124 valence electrons. The molecule has 6 nitrogen and oxygen atoms in total. The summed E-state index contributed by atoms with van der Waals surface area (Å²) in [6.07, 6.45) is 1.75. The SMILES string of the molecule is CCNC(=NCc1ccc(OC)c(F)c1)NCc1ccnn1C. The lowest BCUT2D eigenvalue weighted by Gasteiger charge is -2.11. The summed E-state index contributed by atoms with van der Waals surface area (Å²) < 4.78 is 20.4. The lowest BCUT2D eigenvalue weighted by molar-refractivity contribution is 0.386. The second-order valence-electron chi connectivity index (χ2n) is 4.96. The van der Waals surface area contributed by atoms with E-state index in [1.165, 1.54) is 13.2 Å². The standard InChI is InChI=1S/C16H22FN5O/c1-4-18-16(20-11-13-7-8-21-22(13)2)19-10-12-5-6-15(23-3)14(17)9-12/h5-9H,4,10-11H2,1-3H3,(H2,18,19,20). The molecule has 0 atom stereocenters. The van der Waals surface area contributed by atoms with Crippen molar-refractivity contribution in [2.45, 2.75) is 20.0 Å². The van der Waals surface area contributed by atoms with Crippen LogP contribution in [-0.4, -0.2) is 29.4 Å². The Morgan fingerprint density at radius 3 is 2.78 bits per heavy atom. The number of nitrogens with one attached hydrogen (secondary N) is 2. The Morgan fingerprint density at radius 2 is 2.17 bits per heavy atom. The van der Waals surface area contributed by atoms with Gasteiger partial charge in [0.05, 0.1) is 25.9 Å². The molecule has 1 aromatic carbocycles. The summed E-state index contributed by atoms with van der Waals surface area (Å²) in [6, 6.07) is 6.79. The van der Waals surface area contributed by atoms with Crippen molar-refractivity contribution in [3.05, 3.63) is 47.5 Å². The van der Waals surface area contributed by atoms with E-state index in [0.29, 0.717) is 19.0 Å². The lowest BCUT2D eigenvalue weighted by atomic mass is 10.2. The molecule has 0 unspecified atom stereocenters. The Kier molecular flexibility index (Phi) is 5.96. The van der Waals surface area contributed by atoms with Gasteiger partial charge in [0.2, 0.25) is 0 Å². The molecule has 0 amide bonds. The second-order valence-corrected chi connectivity index (χ2v) is 4.96. The molecule has 2 N–H and O–H groups in total. The highest BCUT2D eigenvalue weighted by Gasteiger charge is 2.04. The number of benzene rings is 1. The third-order valence-corrected chi connectivity index (χ3v) is 3.34. The van der Waals surface area contributed by atoms with Crippen LogP contribution in [0.5, 0.6) is 5.75 Å². The van der Waals surface area contributed by atoms with E-state index in [9.17, 15) is 4.39 Å². The van der Waals surface area contributed by atoms with Gasteiger partial charge in [-0.3, -0.25) is 4.68 Å². The van der Waals surface area contributed by atoms with Gasteiger partial charge in [-0.15, -0.1) is 0 Å². The first-order valence-corrected chi connectivity index (χ1v) is 7.45. The first kappa shape index (κ1) is 16.8. The van der Waals surface area contributed by atoms with E-state index in [1.54, 1.807) is 23.0 Å². The molecular weight excluding hydrogens is 297 g/mol. The van der Waals surface area contributed by atoms with Crippen molar-refractivity contribution >= 4 is 5.96 Å². The minimum atomic E-state index is -0.381. The molecule has 0 radical (unpaired) electrons. The van der Waals surface area contributed by atoms with Crippen LogP contribution in [0.15, 0.2) is 35.5 Å². The Hall–Kier alpha value is -2.57. The van der Waals surface area contributed by atoms with Crippen LogP contribution in [0.3, 0.4) is 0 Å². The summed E-state index contributed by atoms with van der Waals surface area (Å²) in [6.45, 7) is 3.73. The Bertz CT molecular complexity index is 668. The molecule has 0 saturated heterocycles. The first-order chi connectivity index (χ1) is 11.1. The van der Waals surface area contributed by atoms with Gasteiger partial charge in [-0.1, -0.05) is 6.07 Å². The number of aromatic nitrogens is 2. The molecule has 0 spiro atoms. The van der Waals surface area contributed by atoms with Gasteiger partial charge in [0, 0.05) is 19.8 Å². The molecule has 0 saturated carbocycles. The average molecular weight is 319 g/mol. The largest absolute Gasteiger partial charge is 0.494 e. The van der Waals surface area contributed by atoms with Crippen LogP contribution in [0.1, 0.15) is 18.2 Å². The number of nitrogens with zero attached hydrogens (tertiary/aromatic N) is 3. The summed E-state index contributed by atoms with van der Waals surface area (Å²) in [5.41, 5.74) is 1.83. The molecule has 2 aromatic rings. The van der Waals surface area contributed by atoms with Crippen LogP contribution in [0.2, 0.25) is 0 Å². The maximum Gasteiger partial charge on any atom is 0.191 e. The molecule has 0 aliphatic carbocycles. The van der Waals surface area contributed by atoms with Crippen LogP contribution in [0.25, 0.3) is 0 Å². The fraction of sp³-hybridized carbons (Fsp3) is 0.375. The summed E-state index contributed by atoms with van der Waals surface area (Å²) in [5, 5.41) is 10.5. The summed E-state index contributed by atoms with van der Waals surface area (Å²) >= 11 is 0. The zero-order chi connectivity index (χ0) is 16.7. The number of ether oxygens (including phenoxy) is 1. The zero-order valence-electron chi connectivity index (χ0n) is 13.6. The van der Waals surface area contributed by atoms with Gasteiger partial charge in [0.25, 0.3) is 0 Å². The van der Waals surface area contributed by atoms with Crippen molar-refractivity contribution in [3.63, 3.8) is 0 Å². The molecule has 0 fully saturated rings. The van der Waals surface area contributed by atoms with Crippen molar-refractivity contribution in [2.75, 3.05) is 13.7 Å². The fourth-order valence-electron chi connectivity index (χ4n) is 2.07. The third kappa shape index (κ3) is 4.70. The number of rotatable bonds is 6. The number of halogens is 1. The Balaban J connectivity index is 2.00. The van der Waals surface area contributed by atoms with E-state index in [0.717, 1.165) is 17.8 Å². The minimum absolute atomic E-state index is 0.235. The average Bonchev–Trinajstić information content (AvgIpc) is 2.95. The van der Waals surface area contributed by atoms with Crippen molar-refractivity contribution in [3.8, 4) is 5.75 Å². The molecule has 0 aliphatic heterocycles. The Morgan fingerprint density at radius 1 is 1.35 bits per heavy atom. The van der Waals surface area contributed by atoms with Gasteiger partial charge in [0.15, 0.2) is 17.5 Å². The van der Waals surface area contributed by atoms with Gasteiger partial charge in [0.1, 0.15) is 0 Å². The van der Waals surface area contributed by atoms with Crippen molar-refractivity contribution < 1.29 is 9.13 Å². The third-order valence-electron chi connectivity index (χ3n) is 3.34. The number of aryl methyl sites for hydroxylation is 1. The maximum atomic E-state index is 13.7. The van der Waals surface area contributed by atoms with E-state index >= 15 is 0 Å². The highest BCUT2D eigenvalue weighted by Crippen LogP contribution is 2.18. The normalized spacial score (nSPS) is 11.4. The molecular formula is C16H22FN5O. The second kappa shape index (κ2) is 8.17. The quantitative estimate of drug-likeness (QED) is 0.630. The van der Waals surface area contributed by atoms with E-state index in [4.69, 9.17) is 4.74 Å². The van der Waals surface area contributed by atoms with Crippen molar-refractivity contribution in [1.29, 1.82) is 0 Å². The topological polar surface area (TPSA) is 63.5 Å². The summed E-state index contributed by atoms with van der Waals surface area (Å²) in [5.74, 6) is 0.525. The highest BCUT2D eigenvalue weighted by molar-refractivity contribution is 5.79. The zero-order valence-corrected chi connectivity index (χ0v) is 13.6. The van der Waals surface area contributed by atoms with Crippen LogP contribution in [-0.2, 0) is 20.1 Å². The van der Waals surface area contributed by atoms with E-state index < -0.39 is 0 Å². The monoisotopic (exact) mass is 319 g/mol. The van der Waals surface area contributed by atoms with Gasteiger partial charge in [-0.05, 0) is 30.7 Å². The van der Waals surface area contributed by atoms with Gasteiger partial charge in [-0.25, -0.2) is 9.38 Å². The van der Waals surface area contributed by atoms with Gasteiger partial charge in [-0.2, -0.15) is 5.10 Å². The fourth-order valence-corrected chi connectivity index (χ4v) is 2.07. The van der Waals surface area contributed by atoms with E-state index in [2.05, 4.69) is 20.7 Å². The molecule has 7 heteroatoms. The predicted octanol–water partition coefficient (Wildman–Crippen LogP) is 1.82. The highest BCUT2D eigenvalue weighted by atomic mass is 19.1. The number of aliphatic imine (C=N–C) groups is 1. The summed E-state index contributed by atoms with van der Waals surface area (Å²) in [4.78, 5) is 4.47. The summed E-state index contributed by atoms with van der Waals surface area (Å²) in [7, 11) is 3.34. The van der Waals surface area contributed by atoms with E-state index in [1.807, 2.05) is 20.0 Å². The lowest BCUT2D eigenvalue weighted by Crippen LogP contribution is -2.37. The predicted molar refractivity (Wildman–Crippen MR) is 87.8 cm³/mol. The first-order valence-electron chi connectivity index (χ1n) is 7.45. The molecule has 1 aromatic heterocycles. The number of hydrogen-bond donors (Lipinski definition) is 2. The number of guanidine groups is 1. The molecule has 2 rings (SSSR count). The van der Waals surface area contributed by atoms with E-state index in [-0.39, 0.29) is 11.6 Å². The smallest absolute Gasteiger partial charge is 0.191 e. The van der Waals surface area contributed by atoms with Crippen molar-refractivity contribution in [1.82, 2.24) is 20.4 Å². The molecule has 23 heavy (non-hydrogen) atoms. The molecule has 0 aliphatic rings. The Labute approximate surface area is 135 Å². The molecule has 1 heterocycles. The van der Waals surface area contributed by atoms with Gasteiger partial charge < -0.3 is 15.4 Å².